The van der Waals surface area contributed by atoms with Gasteiger partial charge in [-0.25, -0.2) is 13.2 Å². The summed E-state index contributed by atoms with van der Waals surface area (Å²) in [5.41, 5.74) is 0.00518. The van der Waals surface area contributed by atoms with Gasteiger partial charge in [0.25, 0.3) is 5.56 Å². The van der Waals surface area contributed by atoms with E-state index < -0.39 is 21.4 Å². The molecule has 0 fully saturated rings. The van der Waals surface area contributed by atoms with Gasteiger partial charge in [0.2, 0.25) is 5.75 Å². The second-order valence-corrected chi connectivity index (χ2v) is 10.8. The summed E-state index contributed by atoms with van der Waals surface area (Å²) in [6.07, 6.45) is 1.05. The Morgan fingerprint density at radius 2 is 1.29 bits per heavy atom. The number of hydrogen-bond donors (Lipinski definition) is 0. The highest BCUT2D eigenvalue weighted by atomic mass is 32.2. The van der Waals surface area contributed by atoms with Crippen molar-refractivity contribution in [1.29, 1.82) is 0 Å². The minimum atomic E-state index is -3.65. The number of hydrogen-bond acceptors (Lipinski definition) is 10. The van der Waals surface area contributed by atoms with Gasteiger partial charge in [-0.1, -0.05) is 6.07 Å². The molecule has 0 saturated heterocycles. The lowest BCUT2D eigenvalue weighted by molar-refractivity contribution is 0.0591. The Labute approximate surface area is 236 Å². The van der Waals surface area contributed by atoms with Gasteiger partial charge >= 0.3 is 5.97 Å². The van der Waals surface area contributed by atoms with E-state index in [0.717, 1.165) is 10.8 Å². The predicted octanol–water partition coefficient (Wildman–Crippen LogP) is 3.89. The molecule has 1 aromatic heterocycles. The standard InChI is InChI=1S/C29H29NO10S/c1-35-21-14-19-20(15-22(21)36-2)28(31)30(17-9-8-10-18(13-17)41(7,33)34)26(29(32)40-6)25(19)16-11-23(37-3)27(39-5)24(12-16)38-4/h8-15H,1-7H3. The first kappa shape index (κ1) is 29.3. The number of pyridine rings is 1. The van der Waals surface area contributed by atoms with Gasteiger partial charge in [-0.3, -0.25) is 9.36 Å². The molecule has 0 aliphatic heterocycles. The smallest absolute Gasteiger partial charge is 0.355 e. The number of ether oxygens (including phenoxy) is 6. The van der Waals surface area contributed by atoms with Crippen LogP contribution in [0.25, 0.3) is 27.6 Å². The number of benzene rings is 3. The van der Waals surface area contributed by atoms with Crippen LogP contribution in [0.15, 0.2) is 58.2 Å². The molecule has 4 rings (SSSR count). The Balaban J connectivity index is 2.32. The van der Waals surface area contributed by atoms with Crippen LogP contribution in [0, 0.1) is 0 Å². The number of carbonyl (C=O) groups is 1. The number of carbonyl (C=O) groups excluding carboxylic acids is 1. The molecular formula is C29H29NO10S. The Morgan fingerprint density at radius 3 is 1.78 bits per heavy atom. The van der Waals surface area contributed by atoms with E-state index >= 15 is 0 Å². The van der Waals surface area contributed by atoms with Gasteiger partial charge in [-0.15, -0.1) is 0 Å². The fourth-order valence-corrected chi connectivity index (χ4v) is 5.29. The molecule has 11 nitrogen and oxygen atoms in total. The molecule has 216 valence electrons. The second kappa shape index (κ2) is 11.4. The van der Waals surface area contributed by atoms with Crippen molar-refractivity contribution in [1.82, 2.24) is 4.57 Å². The fraction of sp³-hybridized carbons (Fsp3) is 0.241. The zero-order chi connectivity index (χ0) is 30.1. The van der Waals surface area contributed by atoms with Crippen LogP contribution < -0.4 is 29.2 Å². The number of aromatic nitrogens is 1. The van der Waals surface area contributed by atoms with Crippen LogP contribution in [0.3, 0.4) is 0 Å². The maximum Gasteiger partial charge on any atom is 0.355 e. The van der Waals surface area contributed by atoms with Crippen LogP contribution in [0.5, 0.6) is 28.7 Å². The van der Waals surface area contributed by atoms with E-state index in [9.17, 15) is 18.0 Å². The Bertz CT molecular complexity index is 1800. The highest BCUT2D eigenvalue weighted by molar-refractivity contribution is 7.90. The molecule has 0 spiro atoms. The van der Waals surface area contributed by atoms with Gasteiger partial charge in [0.15, 0.2) is 32.8 Å². The normalized spacial score (nSPS) is 11.2. The lowest BCUT2D eigenvalue weighted by Gasteiger charge is -2.21. The minimum Gasteiger partial charge on any atom is -0.493 e. The molecule has 0 aliphatic carbocycles. The average molecular weight is 584 g/mol. The van der Waals surface area contributed by atoms with Crippen molar-refractivity contribution in [3.8, 4) is 45.6 Å². The molecule has 12 heteroatoms. The molecule has 0 aliphatic rings. The molecular weight excluding hydrogens is 554 g/mol. The number of esters is 1. The maximum atomic E-state index is 14.2. The van der Waals surface area contributed by atoms with Crippen molar-refractivity contribution >= 4 is 26.6 Å². The highest BCUT2D eigenvalue weighted by Crippen LogP contribution is 2.45. The van der Waals surface area contributed by atoms with Crippen molar-refractivity contribution in [2.75, 3.05) is 48.9 Å². The molecule has 1 heterocycles. The highest BCUT2D eigenvalue weighted by Gasteiger charge is 2.28. The third-order valence-corrected chi connectivity index (χ3v) is 7.63. The number of rotatable bonds is 9. The summed E-state index contributed by atoms with van der Waals surface area (Å²) >= 11 is 0. The lowest BCUT2D eigenvalue weighted by atomic mass is 9.95. The third kappa shape index (κ3) is 5.13. The summed E-state index contributed by atoms with van der Waals surface area (Å²) in [6, 6.07) is 12.0. The van der Waals surface area contributed by atoms with E-state index in [0.29, 0.717) is 33.9 Å². The van der Waals surface area contributed by atoms with Crippen molar-refractivity contribution in [2.24, 2.45) is 0 Å². The van der Waals surface area contributed by atoms with Crippen molar-refractivity contribution in [3.63, 3.8) is 0 Å². The second-order valence-electron chi connectivity index (χ2n) is 8.79. The van der Waals surface area contributed by atoms with Gasteiger partial charge in [0.1, 0.15) is 5.69 Å². The topological polar surface area (TPSA) is 129 Å². The van der Waals surface area contributed by atoms with Gasteiger partial charge in [0.05, 0.1) is 58.6 Å². The largest absolute Gasteiger partial charge is 0.493 e. The van der Waals surface area contributed by atoms with Gasteiger partial charge in [0, 0.05) is 17.2 Å². The third-order valence-electron chi connectivity index (χ3n) is 6.52. The van der Waals surface area contributed by atoms with Crippen molar-refractivity contribution < 1.29 is 41.6 Å². The molecule has 0 atom stereocenters. The minimum absolute atomic E-state index is 0.0422. The van der Waals surface area contributed by atoms with Gasteiger partial charge < -0.3 is 28.4 Å². The summed E-state index contributed by atoms with van der Waals surface area (Å²) in [5.74, 6) is 0.630. The number of fused-ring (bicyclic) bond motifs is 1. The summed E-state index contributed by atoms with van der Waals surface area (Å²) in [7, 11) is 4.77. The molecule has 41 heavy (non-hydrogen) atoms. The SMILES string of the molecule is COC(=O)c1c(-c2cc(OC)c(OC)c(OC)c2)c2cc(OC)c(OC)cc2c(=O)n1-c1cccc(S(C)(=O)=O)c1. The van der Waals surface area contributed by atoms with Gasteiger partial charge in [-0.05, 0) is 48.0 Å². The quantitative estimate of drug-likeness (QED) is 0.268. The maximum absolute atomic E-state index is 14.2. The van der Waals surface area contributed by atoms with Crippen LogP contribution >= 0.6 is 0 Å². The van der Waals surface area contributed by atoms with Crippen LogP contribution in [0.2, 0.25) is 0 Å². The van der Waals surface area contributed by atoms with Crippen molar-refractivity contribution in [2.45, 2.75) is 4.90 Å². The molecule has 0 N–H and O–H groups in total. The van der Waals surface area contributed by atoms with Gasteiger partial charge in [-0.2, -0.15) is 0 Å². The summed E-state index contributed by atoms with van der Waals surface area (Å²) in [6.45, 7) is 0. The fourth-order valence-electron chi connectivity index (χ4n) is 4.63. The zero-order valence-corrected chi connectivity index (χ0v) is 24.4. The van der Waals surface area contributed by atoms with E-state index in [1.165, 1.54) is 73.0 Å². The van der Waals surface area contributed by atoms with Crippen LogP contribution in [0.1, 0.15) is 10.5 Å². The molecule has 4 aromatic rings. The Hall–Kier alpha value is -4.71. The van der Waals surface area contributed by atoms with E-state index in [4.69, 9.17) is 28.4 Å². The first-order valence-electron chi connectivity index (χ1n) is 12.1. The summed E-state index contributed by atoms with van der Waals surface area (Å²) < 4.78 is 58.6. The summed E-state index contributed by atoms with van der Waals surface area (Å²) in [5, 5.41) is 0.488. The Kier molecular flexibility index (Phi) is 8.15. The molecule has 0 bridgehead atoms. The number of nitrogens with zero attached hydrogens (tertiary/aromatic N) is 1. The van der Waals surface area contributed by atoms with Crippen LogP contribution in [-0.2, 0) is 14.6 Å². The number of sulfone groups is 1. The van der Waals surface area contributed by atoms with E-state index in [1.54, 1.807) is 18.2 Å². The van der Waals surface area contributed by atoms with E-state index in [1.807, 2.05) is 0 Å². The summed E-state index contributed by atoms with van der Waals surface area (Å²) in [4.78, 5) is 27.7. The predicted molar refractivity (Wildman–Crippen MR) is 152 cm³/mol. The first-order valence-corrected chi connectivity index (χ1v) is 14.0. The van der Waals surface area contributed by atoms with E-state index in [2.05, 4.69) is 0 Å². The zero-order valence-electron chi connectivity index (χ0n) is 23.6. The van der Waals surface area contributed by atoms with Crippen molar-refractivity contribution in [3.05, 3.63) is 64.6 Å². The molecule has 0 amide bonds. The average Bonchev–Trinajstić information content (AvgIpc) is 2.98. The van der Waals surface area contributed by atoms with Crippen LogP contribution in [-0.4, -0.2) is 67.9 Å². The monoisotopic (exact) mass is 583 g/mol. The lowest BCUT2D eigenvalue weighted by Crippen LogP contribution is -2.27. The first-order chi connectivity index (χ1) is 19.5. The van der Waals surface area contributed by atoms with Crippen LogP contribution in [0.4, 0.5) is 0 Å². The number of methoxy groups -OCH3 is 6. The molecule has 0 unspecified atom stereocenters. The van der Waals surface area contributed by atoms with E-state index in [-0.39, 0.29) is 33.0 Å². The Morgan fingerprint density at radius 1 is 0.732 bits per heavy atom. The molecule has 0 radical (unpaired) electrons. The molecule has 0 saturated carbocycles. The molecule has 3 aromatic carbocycles.